The molecule has 3 aliphatic rings. The van der Waals surface area contributed by atoms with Gasteiger partial charge in [-0.15, -0.1) is 0 Å². The quantitative estimate of drug-likeness (QED) is 0.815. The number of carbonyl (C=O) groups is 1. The second-order valence-electron chi connectivity index (χ2n) is 6.29. The first kappa shape index (κ1) is 12.4. The maximum Gasteiger partial charge on any atom is 0.225 e. The molecule has 0 spiro atoms. The number of methoxy groups -OCH3 is 1. The highest BCUT2D eigenvalue weighted by molar-refractivity contribution is 5.78. The predicted molar refractivity (Wildman–Crippen MR) is 69.2 cm³/mol. The number of likely N-dealkylation sites (tertiary alicyclic amines) is 1. The van der Waals surface area contributed by atoms with E-state index in [9.17, 15) is 4.79 Å². The number of rotatable bonds is 3. The van der Waals surface area contributed by atoms with Gasteiger partial charge in [0.15, 0.2) is 0 Å². The number of hydrogen-bond donors (Lipinski definition) is 1. The van der Waals surface area contributed by atoms with Crippen molar-refractivity contribution in [2.24, 2.45) is 11.8 Å². The van der Waals surface area contributed by atoms with Crippen LogP contribution in [0.1, 0.15) is 32.6 Å². The van der Waals surface area contributed by atoms with Crippen molar-refractivity contribution in [1.82, 2.24) is 10.2 Å². The third-order valence-corrected chi connectivity index (χ3v) is 5.43. The number of ether oxygens (including phenoxy) is 1. The van der Waals surface area contributed by atoms with Crippen molar-refractivity contribution in [3.63, 3.8) is 0 Å². The van der Waals surface area contributed by atoms with Crippen LogP contribution in [0.25, 0.3) is 0 Å². The molecule has 3 fully saturated rings. The molecule has 2 aliphatic heterocycles. The fourth-order valence-electron chi connectivity index (χ4n) is 3.90. The Bertz CT molecular complexity index is 335. The van der Waals surface area contributed by atoms with Crippen LogP contribution in [0.5, 0.6) is 0 Å². The molecule has 0 bridgehead atoms. The third-order valence-electron chi connectivity index (χ3n) is 5.43. The van der Waals surface area contributed by atoms with E-state index in [4.69, 9.17) is 4.74 Å². The topological polar surface area (TPSA) is 41.6 Å². The summed E-state index contributed by atoms with van der Waals surface area (Å²) >= 11 is 0. The van der Waals surface area contributed by atoms with Gasteiger partial charge in [0.05, 0.1) is 12.0 Å². The first-order valence-electron chi connectivity index (χ1n) is 7.20. The van der Waals surface area contributed by atoms with Crippen LogP contribution in [0, 0.1) is 11.8 Å². The van der Waals surface area contributed by atoms with Gasteiger partial charge < -0.3 is 15.0 Å². The van der Waals surface area contributed by atoms with E-state index in [1.165, 1.54) is 6.42 Å². The van der Waals surface area contributed by atoms with Gasteiger partial charge in [0.25, 0.3) is 0 Å². The molecule has 3 rings (SSSR count). The average Bonchev–Trinajstić information content (AvgIpc) is 2.87. The van der Waals surface area contributed by atoms with Crippen molar-refractivity contribution in [3.8, 4) is 0 Å². The van der Waals surface area contributed by atoms with Crippen molar-refractivity contribution >= 4 is 5.91 Å². The van der Waals surface area contributed by atoms with Crippen LogP contribution in [0.4, 0.5) is 0 Å². The molecule has 4 nitrogen and oxygen atoms in total. The molecule has 4 heteroatoms. The average molecular weight is 252 g/mol. The van der Waals surface area contributed by atoms with Crippen molar-refractivity contribution < 1.29 is 9.53 Å². The molecule has 2 heterocycles. The Morgan fingerprint density at radius 3 is 2.78 bits per heavy atom. The zero-order valence-corrected chi connectivity index (χ0v) is 11.4. The van der Waals surface area contributed by atoms with E-state index in [0.717, 1.165) is 32.5 Å². The van der Waals surface area contributed by atoms with Gasteiger partial charge >= 0.3 is 0 Å². The van der Waals surface area contributed by atoms with Crippen LogP contribution in [0.15, 0.2) is 0 Å². The fourth-order valence-corrected chi connectivity index (χ4v) is 3.90. The highest BCUT2D eigenvalue weighted by Gasteiger charge is 2.46. The largest absolute Gasteiger partial charge is 0.378 e. The van der Waals surface area contributed by atoms with E-state index in [1.54, 1.807) is 7.11 Å². The SMILES string of the molecule is COC1(CC(=O)N2CC3CNCC3C2C)CCC1. The van der Waals surface area contributed by atoms with E-state index >= 15 is 0 Å². The van der Waals surface area contributed by atoms with Crippen LogP contribution >= 0.6 is 0 Å². The van der Waals surface area contributed by atoms with Crippen LogP contribution in [-0.4, -0.2) is 49.2 Å². The molecule has 2 saturated heterocycles. The van der Waals surface area contributed by atoms with Crippen molar-refractivity contribution in [2.75, 3.05) is 26.7 Å². The Balaban J connectivity index is 1.63. The lowest BCUT2D eigenvalue weighted by molar-refractivity contribution is -0.145. The first-order chi connectivity index (χ1) is 8.65. The molecule has 1 saturated carbocycles. The van der Waals surface area contributed by atoms with E-state index in [1.807, 2.05) is 0 Å². The summed E-state index contributed by atoms with van der Waals surface area (Å²) in [5.74, 6) is 1.64. The summed E-state index contributed by atoms with van der Waals surface area (Å²) in [6.45, 7) is 5.30. The minimum absolute atomic E-state index is 0.132. The van der Waals surface area contributed by atoms with Crippen LogP contribution in [-0.2, 0) is 9.53 Å². The zero-order valence-electron chi connectivity index (χ0n) is 11.4. The highest BCUT2D eigenvalue weighted by Crippen LogP contribution is 2.40. The molecule has 1 amide bonds. The van der Waals surface area contributed by atoms with Gasteiger partial charge in [-0.1, -0.05) is 0 Å². The van der Waals surface area contributed by atoms with Crippen LogP contribution < -0.4 is 5.32 Å². The van der Waals surface area contributed by atoms with Gasteiger partial charge in [-0.25, -0.2) is 0 Å². The second-order valence-corrected chi connectivity index (χ2v) is 6.29. The minimum atomic E-state index is -0.132. The number of nitrogens with one attached hydrogen (secondary N) is 1. The Kier molecular flexibility index (Phi) is 3.10. The molecular weight excluding hydrogens is 228 g/mol. The number of nitrogens with zero attached hydrogens (tertiary/aromatic N) is 1. The summed E-state index contributed by atoms with van der Waals surface area (Å²) < 4.78 is 5.57. The van der Waals surface area contributed by atoms with E-state index in [-0.39, 0.29) is 5.60 Å². The standard InChI is InChI=1S/C14H24N2O2/c1-10-12-8-15-7-11(12)9-16(10)13(17)6-14(18-2)4-3-5-14/h10-12,15H,3-9H2,1-2H3. The normalized spacial score (nSPS) is 37.4. The predicted octanol–water partition coefficient (Wildman–Crippen LogP) is 1.01. The number of carbonyl (C=O) groups excluding carboxylic acids is 1. The first-order valence-corrected chi connectivity index (χ1v) is 7.20. The smallest absolute Gasteiger partial charge is 0.225 e. The molecule has 3 unspecified atom stereocenters. The van der Waals surface area contributed by atoms with Gasteiger partial charge in [0.1, 0.15) is 0 Å². The van der Waals surface area contributed by atoms with Crippen LogP contribution in [0.3, 0.4) is 0 Å². The Morgan fingerprint density at radius 1 is 1.44 bits per heavy atom. The Hall–Kier alpha value is -0.610. The summed E-state index contributed by atoms with van der Waals surface area (Å²) in [5, 5.41) is 3.43. The summed E-state index contributed by atoms with van der Waals surface area (Å²) in [4.78, 5) is 14.6. The molecule has 1 aliphatic carbocycles. The lowest BCUT2D eigenvalue weighted by Crippen LogP contribution is -2.47. The molecule has 1 N–H and O–H groups in total. The molecule has 0 aromatic heterocycles. The molecule has 102 valence electrons. The maximum atomic E-state index is 12.5. The van der Waals surface area contributed by atoms with Gasteiger partial charge in [-0.05, 0) is 38.0 Å². The summed E-state index contributed by atoms with van der Waals surface area (Å²) in [7, 11) is 1.75. The minimum Gasteiger partial charge on any atom is -0.378 e. The van der Waals surface area contributed by atoms with Crippen molar-refractivity contribution in [2.45, 2.75) is 44.2 Å². The molecule has 0 radical (unpaired) electrons. The Labute approximate surface area is 109 Å². The van der Waals surface area contributed by atoms with Gasteiger partial charge in [0.2, 0.25) is 5.91 Å². The highest BCUT2D eigenvalue weighted by atomic mass is 16.5. The van der Waals surface area contributed by atoms with Crippen molar-refractivity contribution in [1.29, 1.82) is 0 Å². The monoisotopic (exact) mass is 252 g/mol. The summed E-state index contributed by atoms with van der Waals surface area (Å²) in [5.41, 5.74) is -0.132. The molecule has 0 aromatic rings. The lowest BCUT2D eigenvalue weighted by atomic mass is 9.77. The summed E-state index contributed by atoms with van der Waals surface area (Å²) in [6.07, 6.45) is 3.88. The molecular formula is C14H24N2O2. The van der Waals surface area contributed by atoms with Crippen LogP contribution in [0.2, 0.25) is 0 Å². The van der Waals surface area contributed by atoms with Gasteiger partial charge in [-0.2, -0.15) is 0 Å². The Morgan fingerprint density at radius 2 is 2.22 bits per heavy atom. The molecule has 0 aromatic carbocycles. The third kappa shape index (κ3) is 1.86. The van der Waals surface area contributed by atoms with E-state index in [0.29, 0.717) is 30.2 Å². The molecule has 18 heavy (non-hydrogen) atoms. The fraction of sp³-hybridized carbons (Fsp3) is 0.929. The lowest BCUT2D eigenvalue weighted by Gasteiger charge is -2.41. The maximum absolute atomic E-state index is 12.5. The summed E-state index contributed by atoms with van der Waals surface area (Å²) in [6, 6.07) is 0.395. The number of hydrogen-bond acceptors (Lipinski definition) is 3. The zero-order chi connectivity index (χ0) is 12.8. The second kappa shape index (κ2) is 4.49. The number of amides is 1. The van der Waals surface area contributed by atoms with E-state index < -0.39 is 0 Å². The molecule has 3 atom stereocenters. The van der Waals surface area contributed by atoms with E-state index in [2.05, 4.69) is 17.1 Å². The van der Waals surface area contributed by atoms with Gasteiger partial charge in [-0.3, -0.25) is 4.79 Å². The number of fused-ring (bicyclic) bond motifs is 1. The van der Waals surface area contributed by atoms with Crippen molar-refractivity contribution in [3.05, 3.63) is 0 Å². The van der Waals surface area contributed by atoms with Gasteiger partial charge in [0, 0.05) is 32.8 Å².